The van der Waals surface area contributed by atoms with Crippen molar-refractivity contribution in [1.82, 2.24) is 10.3 Å². The molecule has 5 heteroatoms. The smallest absolute Gasteiger partial charge is 0.251 e. The second-order valence-electron chi connectivity index (χ2n) is 5.33. The van der Waals surface area contributed by atoms with Gasteiger partial charge in [0.05, 0.1) is 21.8 Å². The third kappa shape index (κ3) is 3.41. The Balaban J connectivity index is 1.71. The number of fused-ring (bicyclic) bond motifs is 1. The molecule has 2 aromatic carbocycles. The Morgan fingerprint density at radius 3 is 2.91 bits per heavy atom. The number of aromatic nitrogens is 1. The molecule has 0 saturated carbocycles. The summed E-state index contributed by atoms with van der Waals surface area (Å²) in [4.78, 5) is 16.6. The summed E-state index contributed by atoms with van der Waals surface area (Å²) in [7, 11) is 1.66. The van der Waals surface area contributed by atoms with E-state index in [0.29, 0.717) is 12.1 Å². The molecule has 1 aromatic heterocycles. The molecule has 0 unspecified atom stereocenters. The molecule has 23 heavy (non-hydrogen) atoms. The van der Waals surface area contributed by atoms with Crippen molar-refractivity contribution in [2.24, 2.45) is 0 Å². The molecule has 0 aliphatic rings. The van der Waals surface area contributed by atoms with Gasteiger partial charge in [-0.3, -0.25) is 4.79 Å². The third-order valence-electron chi connectivity index (χ3n) is 3.86. The average Bonchev–Trinajstić information content (AvgIpc) is 3.04. The highest BCUT2D eigenvalue weighted by Gasteiger charge is 2.15. The lowest BCUT2D eigenvalue weighted by molar-refractivity contribution is 0.0826. The van der Waals surface area contributed by atoms with E-state index in [-0.39, 0.29) is 12.0 Å². The molecule has 0 aliphatic carbocycles. The van der Waals surface area contributed by atoms with E-state index >= 15 is 0 Å². The molecule has 4 nitrogen and oxygen atoms in total. The van der Waals surface area contributed by atoms with Crippen LogP contribution >= 0.6 is 11.3 Å². The summed E-state index contributed by atoms with van der Waals surface area (Å²) >= 11 is 1.53. The van der Waals surface area contributed by atoms with Gasteiger partial charge in [-0.1, -0.05) is 24.3 Å². The van der Waals surface area contributed by atoms with Crippen LogP contribution in [-0.2, 0) is 4.74 Å². The van der Waals surface area contributed by atoms with Crippen LogP contribution in [0.3, 0.4) is 0 Å². The van der Waals surface area contributed by atoms with Gasteiger partial charge >= 0.3 is 0 Å². The maximum absolute atomic E-state index is 12.4. The van der Waals surface area contributed by atoms with Crippen LogP contribution in [0.25, 0.3) is 10.2 Å². The predicted molar refractivity (Wildman–Crippen MR) is 92.9 cm³/mol. The van der Waals surface area contributed by atoms with Gasteiger partial charge < -0.3 is 10.1 Å². The zero-order valence-corrected chi connectivity index (χ0v) is 13.9. The first-order valence-corrected chi connectivity index (χ1v) is 8.27. The van der Waals surface area contributed by atoms with Crippen LogP contribution in [0.5, 0.6) is 0 Å². The number of carbonyl (C=O) groups is 1. The van der Waals surface area contributed by atoms with Crippen molar-refractivity contribution in [3.8, 4) is 0 Å². The quantitative estimate of drug-likeness (QED) is 0.777. The van der Waals surface area contributed by atoms with E-state index in [4.69, 9.17) is 4.74 Å². The SMILES string of the molecule is CO[C@@H](CNC(=O)c1ccc2ncsc2c1)c1ccccc1C. The normalized spacial score (nSPS) is 12.3. The largest absolute Gasteiger partial charge is 0.375 e. The Morgan fingerprint density at radius 1 is 1.30 bits per heavy atom. The Morgan fingerprint density at radius 2 is 2.13 bits per heavy atom. The van der Waals surface area contributed by atoms with Gasteiger partial charge in [0.1, 0.15) is 0 Å². The standard InChI is InChI=1S/C18H18N2O2S/c1-12-5-3-4-6-14(12)16(22-2)10-19-18(21)13-7-8-15-17(9-13)23-11-20-15/h3-9,11,16H,10H2,1-2H3,(H,19,21)/t16-/m0/s1. The Kier molecular flexibility index (Phi) is 4.69. The first kappa shape index (κ1) is 15.6. The number of hydrogen-bond donors (Lipinski definition) is 1. The molecule has 3 aromatic rings. The van der Waals surface area contributed by atoms with E-state index in [0.717, 1.165) is 21.3 Å². The van der Waals surface area contributed by atoms with Crippen molar-refractivity contribution in [2.45, 2.75) is 13.0 Å². The van der Waals surface area contributed by atoms with Crippen LogP contribution in [-0.4, -0.2) is 24.5 Å². The summed E-state index contributed by atoms with van der Waals surface area (Å²) in [5.74, 6) is -0.101. The Hall–Kier alpha value is -2.24. The van der Waals surface area contributed by atoms with Crippen molar-refractivity contribution in [1.29, 1.82) is 0 Å². The molecule has 3 rings (SSSR count). The van der Waals surface area contributed by atoms with Crippen molar-refractivity contribution < 1.29 is 9.53 Å². The number of benzene rings is 2. The van der Waals surface area contributed by atoms with Gasteiger partial charge in [-0.2, -0.15) is 0 Å². The minimum atomic E-state index is -0.160. The minimum absolute atomic E-state index is 0.101. The van der Waals surface area contributed by atoms with Gasteiger partial charge in [0.25, 0.3) is 5.91 Å². The van der Waals surface area contributed by atoms with E-state index < -0.39 is 0 Å². The lowest BCUT2D eigenvalue weighted by atomic mass is 10.0. The second-order valence-corrected chi connectivity index (χ2v) is 6.21. The highest BCUT2D eigenvalue weighted by atomic mass is 32.1. The number of carbonyl (C=O) groups excluding carboxylic acids is 1. The molecular formula is C18H18N2O2S. The number of nitrogens with zero attached hydrogens (tertiary/aromatic N) is 1. The number of rotatable bonds is 5. The lowest BCUT2D eigenvalue weighted by Crippen LogP contribution is -2.29. The minimum Gasteiger partial charge on any atom is -0.375 e. The fraction of sp³-hybridized carbons (Fsp3) is 0.222. The summed E-state index contributed by atoms with van der Waals surface area (Å²) < 4.78 is 6.55. The van der Waals surface area contributed by atoms with Gasteiger partial charge in [0, 0.05) is 19.2 Å². The number of thiazole rings is 1. The van der Waals surface area contributed by atoms with Crippen molar-refractivity contribution in [3.63, 3.8) is 0 Å². The molecule has 1 heterocycles. The summed E-state index contributed by atoms with van der Waals surface area (Å²) in [6.07, 6.45) is -0.160. The van der Waals surface area contributed by atoms with E-state index in [1.807, 2.05) is 43.3 Å². The van der Waals surface area contributed by atoms with Crippen LogP contribution in [0.2, 0.25) is 0 Å². The number of nitrogens with one attached hydrogen (secondary N) is 1. The molecule has 1 atom stereocenters. The summed E-state index contributed by atoms with van der Waals surface area (Å²) in [5, 5.41) is 2.95. The van der Waals surface area contributed by atoms with Crippen LogP contribution in [0.4, 0.5) is 0 Å². The number of aryl methyl sites for hydroxylation is 1. The topological polar surface area (TPSA) is 51.2 Å². The fourth-order valence-corrected chi connectivity index (χ4v) is 3.27. The maximum Gasteiger partial charge on any atom is 0.251 e. The van der Waals surface area contributed by atoms with Crippen molar-refractivity contribution in [3.05, 3.63) is 64.7 Å². The molecular weight excluding hydrogens is 308 g/mol. The van der Waals surface area contributed by atoms with Gasteiger partial charge in [-0.25, -0.2) is 4.98 Å². The molecule has 0 bridgehead atoms. The summed E-state index contributed by atoms with van der Waals surface area (Å²) in [6.45, 7) is 2.47. The maximum atomic E-state index is 12.4. The molecule has 0 fully saturated rings. The Labute approximate surface area is 139 Å². The first-order valence-electron chi connectivity index (χ1n) is 7.39. The molecule has 1 amide bonds. The van der Waals surface area contributed by atoms with Crippen molar-refractivity contribution in [2.75, 3.05) is 13.7 Å². The van der Waals surface area contributed by atoms with E-state index in [1.165, 1.54) is 11.3 Å². The van der Waals surface area contributed by atoms with Gasteiger partial charge in [0.15, 0.2) is 0 Å². The summed E-state index contributed by atoms with van der Waals surface area (Å²) in [5.41, 5.74) is 5.58. The predicted octanol–water partition coefficient (Wildman–Crippen LogP) is 3.72. The van der Waals surface area contributed by atoms with Gasteiger partial charge in [0.2, 0.25) is 0 Å². The molecule has 0 spiro atoms. The molecule has 0 aliphatic heterocycles. The van der Waals surface area contributed by atoms with Crippen LogP contribution in [0.1, 0.15) is 27.6 Å². The molecule has 0 radical (unpaired) electrons. The number of methoxy groups -OCH3 is 1. The van der Waals surface area contributed by atoms with Gasteiger partial charge in [-0.15, -0.1) is 11.3 Å². The molecule has 1 N–H and O–H groups in total. The lowest BCUT2D eigenvalue weighted by Gasteiger charge is -2.18. The zero-order valence-electron chi connectivity index (χ0n) is 13.1. The fourth-order valence-electron chi connectivity index (χ4n) is 2.55. The van der Waals surface area contributed by atoms with Crippen molar-refractivity contribution >= 4 is 27.5 Å². The Bertz CT molecular complexity index is 829. The number of hydrogen-bond acceptors (Lipinski definition) is 4. The highest BCUT2D eigenvalue weighted by molar-refractivity contribution is 7.16. The van der Waals surface area contributed by atoms with Crippen LogP contribution in [0, 0.1) is 6.92 Å². The average molecular weight is 326 g/mol. The summed E-state index contributed by atoms with van der Waals surface area (Å²) in [6, 6.07) is 13.6. The van der Waals surface area contributed by atoms with Crippen LogP contribution in [0.15, 0.2) is 48.0 Å². The second kappa shape index (κ2) is 6.89. The molecule has 0 saturated heterocycles. The number of amides is 1. The van der Waals surface area contributed by atoms with E-state index in [9.17, 15) is 4.79 Å². The molecule has 118 valence electrons. The highest BCUT2D eigenvalue weighted by Crippen LogP contribution is 2.21. The van der Waals surface area contributed by atoms with Gasteiger partial charge in [-0.05, 0) is 36.2 Å². The number of ether oxygens (including phenoxy) is 1. The zero-order chi connectivity index (χ0) is 16.2. The third-order valence-corrected chi connectivity index (χ3v) is 4.65. The first-order chi connectivity index (χ1) is 11.2. The van der Waals surface area contributed by atoms with Crippen LogP contribution < -0.4 is 5.32 Å². The monoisotopic (exact) mass is 326 g/mol. The van der Waals surface area contributed by atoms with E-state index in [2.05, 4.69) is 10.3 Å². The van der Waals surface area contributed by atoms with E-state index in [1.54, 1.807) is 18.7 Å².